The Balaban J connectivity index is 1.53. The van der Waals surface area contributed by atoms with Crippen molar-refractivity contribution in [1.29, 1.82) is 0 Å². The Hall–Kier alpha value is -2.48. The zero-order valence-corrected chi connectivity index (χ0v) is 15.8. The number of ether oxygens (including phenoxy) is 1. The third-order valence-electron chi connectivity index (χ3n) is 5.73. The molecule has 1 aliphatic carbocycles. The molecule has 1 saturated carbocycles. The molecule has 7 heteroatoms. The number of hydrogen-bond donors (Lipinski definition) is 4. The largest absolute Gasteiger partial charge is 0.495 e. The second-order valence-corrected chi connectivity index (χ2v) is 7.55. The third-order valence-corrected chi connectivity index (χ3v) is 5.73. The summed E-state index contributed by atoms with van der Waals surface area (Å²) in [7, 11) is 1.60. The van der Waals surface area contributed by atoms with Crippen LogP contribution in [0, 0.1) is 11.8 Å². The van der Waals surface area contributed by atoms with E-state index in [4.69, 9.17) is 4.74 Å². The lowest BCUT2D eigenvalue weighted by molar-refractivity contribution is -0.127. The van der Waals surface area contributed by atoms with E-state index in [9.17, 15) is 9.90 Å². The van der Waals surface area contributed by atoms with Crippen LogP contribution >= 0.6 is 0 Å². The molecule has 0 spiro atoms. The Kier molecular flexibility index (Phi) is 5.57. The highest BCUT2D eigenvalue weighted by Gasteiger charge is 2.39. The second-order valence-electron chi connectivity index (χ2n) is 7.55. The van der Waals surface area contributed by atoms with Crippen molar-refractivity contribution in [2.24, 2.45) is 11.8 Å². The Morgan fingerprint density at radius 3 is 2.79 bits per heavy atom. The van der Waals surface area contributed by atoms with Gasteiger partial charge in [-0.15, -0.1) is 0 Å². The van der Waals surface area contributed by atoms with Crippen LogP contribution in [0.5, 0.6) is 5.75 Å². The average molecular weight is 382 g/mol. The first-order chi connectivity index (χ1) is 13.7. The van der Waals surface area contributed by atoms with Gasteiger partial charge in [-0.05, 0) is 36.0 Å². The Bertz CT molecular complexity index is 810. The predicted molar refractivity (Wildman–Crippen MR) is 104 cm³/mol. The summed E-state index contributed by atoms with van der Waals surface area (Å²) < 4.78 is 5.29. The first-order valence-corrected chi connectivity index (χ1v) is 9.66. The molecule has 4 rings (SSSR count). The minimum Gasteiger partial charge on any atom is -0.495 e. The number of aliphatic hydroxyl groups excluding tert-OH is 1. The van der Waals surface area contributed by atoms with Crippen molar-refractivity contribution in [3.8, 4) is 5.75 Å². The van der Waals surface area contributed by atoms with Crippen LogP contribution in [0.25, 0.3) is 0 Å². The number of hydrazine groups is 1. The maximum atomic E-state index is 13.2. The molecule has 148 valence electrons. The van der Waals surface area contributed by atoms with E-state index in [0.29, 0.717) is 25.1 Å². The van der Waals surface area contributed by atoms with Gasteiger partial charge >= 0.3 is 0 Å². The van der Waals surface area contributed by atoms with Gasteiger partial charge in [-0.1, -0.05) is 30.3 Å². The number of benzene rings is 1. The van der Waals surface area contributed by atoms with Gasteiger partial charge in [0.1, 0.15) is 5.75 Å². The number of hydrogen-bond acceptors (Lipinski definition) is 6. The first-order valence-electron chi connectivity index (χ1n) is 9.66. The zero-order valence-electron chi connectivity index (χ0n) is 15.8. The van der Waals surface area contributed by atoms with Crippen molar-refractivity contribution in [2.45, 2.75) is 31.0 Å². The number of nitrogens with zero attached hydrogens (tertiary/aromatic N) is 1. The molecule has 1 aromatic carbocycles. The summed E-state index contributed by atoms with van der Waals surface area (Å²) in [5, 5.41) is 13.0. The lowest BCUT2D eigenvalue weighted by atomic mass is 9.75. The van der Waals surface area contributed by atoms with Gasteiger partial charge in [-0.25, -0.2) is 5.43 Å². The number of pyridine rings is 1. The average Bonchev–Trinajstić information content (AvgIpc) is 3.20. The maximum Gasteiger partial charge on any atom is 0.226 e. The number of aliphatic hydroxyl groups is 1. The van der Waals surface area contributed by atoms with Crippen LogP contribution < -0.4 is 20.9 Å². The molecule has 7 nitrogen and oxygen atoms in total. The molecule has 2 aliphatic rings. The molecule has 1 aliphatic heterocycles. The molecule has 2 heterocycles. The summed E-state index contributed by atoms with van der Waals surface area (Å²) in [5.41, 5.74) is 8.31. The summed E-state index contributed by atoms with van der Waals surface area (Å²) >= 11 is 0. The summed E-state index contributed by atoms with van der Waals surface area (Å²) in [6, 6.07) is 11.6. The Morgan fingerprint density at radius 2 is 2.07 bits per heavy atom. The summed E-state index contributed by atoms with van der Waals surface area (Å²) in [5.74, 6) is 0.599. The van der Waals surface area contributed by atoms with E-state index < -0.39 is 0 Å². The molecular weight excluding hydrogens is 356 g/mol. The lowest BCUT2D eigenvalue weighted by Crippen LogP contribution is -2.44. The molecule has 1 aromatic heterocycles. The highest BCUT2D eigenvalue weighted by Crippen LogP contribution is 2.39. The molecule has 0 radical (unpaired) electrons. The van der Waals surface area contributed by atoms with E-state index in [2.05, 4.69) is 21.2 Å². The van der Waals surface area contributed by atoms with Crippen LogP contribution in [-0.2, 0) is 4.79 Å². The van der Waals surface area contributed by atoms with Crippen molar-refractivity contribution in [1.82, 2.24) is 21.2 Å². The van der Waals surface area contributed by atoms with Crippen LogP contribution in [0.3, 0.4) is 0 Å². The van der Waals surface area contributed by atoms with Crippen LogP contribution in [0.1, 0.15) is 36.1 Å². The van der Waals surface area contributed by atoms with Crippen molar-refractivity contribution in [2.75, 3.05) is 13.7 Å². The number of amides is 1. The lowest BCUT2D eigenvalue weighted by Gasteiger charge is -2.38. The minimum absolute atomic E-state index is 0.0134. The predicted octanol–water partition coefficient (Wildman–Crippen LogP) is 1.48. The van der Waals surface area contributed by atoms with Crippen LogP contribution in [0.15, 0.2) is 48.8 Å². The fourth-order valence-corrected chi connectivity index (χ4v) is 4.07. The van der Waals surface area contributed by atoms with Gasteiger partial charge in [0.2, 0.25) is 5.91 Å². The summed E-state index contributed by atoms with van der Waals surface area (Å²) in [4.78, 5) is 17.4. The molecule has 28 heavy (non-hydrogen) atoms. The van der Waals surface area contributed by atoms with Crippen molar-refractivity contribution in [3.05, 3.63) is 59.9 Å². The zero-order chi connectivity index (χ0) is 19.5. The van der Waals surface area contributed by atoms with E-state index in [1.807, 2.05) is 36.4 Å². The highest BCUT2D eigenvalue weighted by atomic mass is 16.5. The van der Waals surface area contributed by atoms with Crippen molar-refractivity contribution >= 4 is 5.91 Å². The molecule has 3 atom stereocenters. The molecule has 2 fully saturated rings. The quantitative estimate of drug-likeness (QED) is 0.605. The van der Waals surface area contributed by atoms with E-state index >= 15 is 0 Å². The number of rotatable bonds is 6. The van der Waals surface area contributed by atoms with E-state index in [-0.39, 0.29) is 35.9 Å². The number of nitrogens with one attached hydrogen (secondary N) is 3. The molecule has 3 unspecified atom stereocenters. The maximum absolute atomic E-state index is 13.2. The highest BCUT2D eigenvalue weighted by molar-refractivity contribution is 5.80. The van der Waals surface area contributed by atoms with Crippen LogP contribution in [-0.4, -0.2) is 35.8 Å². The fraction of sp³-hybridized carbons (Fsp3) is 0.429. The topological polar surface area (TPSA) is 95.5 Å². The van der Waals surface area contributed by atoms with Gasteiger partial charge in [0, 0.05) is 12.7 Å². The van der Waals surface area contributed by atoms with Crippen molar-refractivity contribution < 1.29 is 14.6 Å². The van der Waals surface area contributed by atoms with Gasteiger partial charge in [-0.2, -0.15) is 0 Å². The number of carbonyl (C=O) groups is 1. The van der Waals surface area contributed by atoms with Gasteiger partial charge in [0.05, 0.1) is 37.4 Å². The Labute approximate surface area is 164 Å². The van der Waals surface area contributed by atoms with Gasteiger partial charge in [0.15, 0.2) is 0 Å². The number of aromatic nitrogens is 1. The monoisotopic (exact) mass is 382 g/mol. The van der Waals surface area contributed by atoms with Crippen LogP contribution in [0.4, 0.5) is 0 Å². The molecule has 1 amide bonds. The standard InChI is InChI=1S/C21H26N4O3/c1-28-17-9-15(10-22-11-17)19(14-7-16(26)8-14)24-21(27)18-12-23-25-20(18)13-5-3-2-4-6-13/h2-6,9-11,14,16,18-20,23,25-26H,7-8,12H2,1H3,(H,24,27). The fourth-order valence-electron chi connectivity index (χ4n) is 4.07. The normalized spacial score (nSPS) is 27.6. The third kappa shape index (κ3) is 3.87. The minimum atomic E-state index is -0.296. The summed E-state index contributed by atoms with van der Waals surface area (Å²) in [6.45, 7) is 0.557. The van der Waals surface area contributed by atoms with Crippen LogP contribution in [0.2, 0.25) is 0 Å². The van der Waals surface area contributed by atoms with Gasteiger partial charge in [0.25, 0.3) is 0 Å². The van der Waals surface area contributed by atoms with Gasteiger partial charge < -0.3 is 15.2 Å². The molecule has 0 bridgehead atoms. The van der Waals surface area contributed by atoms with Crippen molar-refractivity contribution in [3.63, 3.8) is 0 Å². The molecule has 4 N–H and O–H groups in total. The summed E-state index contributed by atoms with van der Waals surface area (Å²) in [6.07, 6.45) is 4.46. The van der Waals surface area contributed by atoms with E-state index in [0.717, 1.165) is 11.1 Å². The second kappa shape index (κ2) is 8.26. The van der Waals surface area contributed by atoms with E-state index in [1.165, 1.54) is 0 Å². The smallest absolute Gasteiger partial charge is 0.226 e. The molecule has 2 aromatic rings. The van der Waals surface area contributed by atoms with E-state index in [1.54, 1.807) is 19.5 Å². The molecule has 1 saturated heterocycles. The number of carbonyl (C=O) groups excluding carboxylic acids is 1. The molecular formula is C21H26N4O3. The Morgan fingerprint density at radius 1 is 1.29 bits per heavy atom. The van der Waals surface area contributed by atoms with Gasteiger partial charge in [-0.3, -0.25) is 15.2 Å². The first kappa shape index (κ1) is 18.9. The number of methoxy groups -OCH3 is 1. The SMILES string of the molecule is COc1cncc(C(NC(=O)C2CNNC2c2ccccc2)C2CC(O)C2)c1.